The SMILES string of the molecule is CCCCC(CC)C(=O)N(CCC)c1ccc(N)cc1. The molecular formula is C17H28N2O. The molecule has 0 fully saturated rings. The van der Waals surface area contributed by atoms with Gasteiger partial charge in [0, 0.05) is 23.8 Å². The van der Waals surface area contributed by atoms with Crippen molar-refractivity contribution in [3.8, 4) is 0 Å². The molecule has 0 heterocycles. The predicted octanol–water partition coefficient (Wildman–Crippen LogP) is 4.23. The number of hydrogen-bond acceptors (Lipinski definition) is 2. The first-order valence-corrected chi connectivity index (χ1v) is 7.80. The predicted molar refractivity (Wildman–Crippen MR) is 86.8 cm³/mol. The van der Waals surface area contributed by atoms with Gasteiger partial charge in [0.05, 0.1) is 0 Å². The van der Waals surface area contributed by atoms with Crippen molar-refractivity contribution in [2.75, 3.05) is 17.2 Å². The molecule has 1 rings (SSSR count). The van der Waals surface area contributed by atoms with Crippen LogP contribution >= 0.6 is 0 Å². The molecule has 2 N–H and O–H groups in total. The number of nitrogens with two attached hydrogens (primary N) is 1. The Morgan fingerprint density at radius 2 is 1.80 bits per heavy atom. The summed E-state index contributed by atoms with van der Waals surface area (Å²) in [4.78, 5) is 14.7. The third-order valence-electron chi connectivity index (χ3n) is 3.67. The van der Waals surface area contributed by atoms with E-state index in [1.54, 1.807) is 0 Å². The number of nitrogens with zero attached hydrogens (tertiary/aromatic N) is 1. The van der Waals surface area contributed by atoms with Gasteiger partial charge in [0.2, 0.25) is 5.91 Å². The van der Waals surface area contributed by atoms with Crippen LogP contribution in [0.5, 0.6) is 0 Å². The van der Waals surface area contributed by atoms with Gasteiger partial charge in [0.1, 0.15) is 0 Å². The molecule has 20 heavy (non-hydrogen) atoms. The minimum atomic E-state index is 0.138. The molecule has 0 saturated carbocycles. The molecule has 0 saturated heterocycles. The molecule has 1 amide bonds. The summed E-state index contributed by atoms with van der Waals surface area (Å²) in [5.41, 5.74) is 7.42. The number of anilines is 2. The van der Waals surface area contributed by atoms with Crippen LogP contribution in [0.15, 0.2) is 24.3 Å². The van der Waals surface area contributed by atoms with E-state index in [0.717, 1.165) is 50.0 Å². The highest BCUT2D eigenvalue weighted by Gasteiger charge is 2.23. The standard InChI is InChI=1S/C17H28N2O/c1-4-7-8-14(6-3)17(20)19(13-5-2)16-11-9-15(18)10-12-16/h9-12,14H,4-8,13,18H2,1-3H3. The average Bonchev–Trinajstić information content (AvgIpc) is 2.46. The third-order valence-corrected chi connectivity index (χ3v) is 3.67. The maximum Gasteiger partial charge on any atom is 0.230 e. The number of nitrogen functional groups attached to an aromatic ring is 1. The largest absolute Gasteiger partial charge is 0.399 e. The second-order valence-corrected chi connectivity index (χ2v) is 5.33. The van der Waals surface area contributed by atoms with E-state index in [9.17, 15) is 4.79 Å². The van der Waals surface area contributed by atoms with Crippen molar-refractivity contribution >= 4 is 17.3 Å². The van der Waals surface area contributed by atoms with Gasteiger partial charge in [-0.15, -0.1) is 0 Å². The summed E-state index contributed by atoms with van der Waals surface area (Å²) in [5.74, 6) is 0.395. The molecule has 0 aromatic heterocycles. The monoisotopic (exact) mass is 276 g/mol. The molecular weight excluding hydrogens is 248 g/mol. The van der Waals surface area contributed by atoms with E-state index in [-0.39, 0.29) is 11.8 Å². The van der Waals surface area contributed by atoms with Gasteiger partial charge in [-0.1, -0.05) is 33.6 Å². The zero-order chi connectivity index (χ0) is 15.0. The van der Waals surface area contributed by atoms with E-state index in [0.29, 0.717) is 0 Å². The summed E-state index contributed by atoms with van der Waals surface area (Å²) < 4.78 is 0. The molecule has 0 aliphatic carbocycles. The number of carbonyl (C=O) groups is 1. The van der Waals surface area contributed by atoms with Crippen LogP contribution in [-0.2, 0) is 4.79 Å². The van der Waals surface area contributed by atoms with Crippen LogP contribution < -0.4 is 10.6 Å². The zero-order valence-electron chi connectivity index (χ0n) is 13.1. The highest BCUT2D eigenvalue weighted by atomic mass is 16.2. The highest BCUT2D eigenvalue weighted by Crippen LogP contribution is 2.22. The lowest BCUT2D eigenvalue weighted by Gasteiger charge is -2.27. The maximum atomic E-state index is 12.8. The van der Waals surface area contributed by atoms with E-state index in [2.05, 4.69) is 20.8 Å². The van der Waals surface area contributed by atoms with Crippen LogP contribution in [0.1, 0.15) is 52.9 Å². The summed E-state index contributed by atoms with van der Waals surface area (Å²) in [6.45, 7) is 7.14. The molecule has 3 heteroatoms. The molecule has 0 radical (unpaired) electrons. The van der Waals surface area contributed by atoms with Crippen LogP contribution in [0.4, 0.5) is 11.4 Å². The minimum absolute atomic E-state index is 0.138. The van der Waals surface area contributed by atoms with E-state index in [1.807, 2.05) is 29.2 Å². The van der Waals surface area contributed by atoms with Gasteiger partial charge < -0.3 is 10.6 Å². The second kappa shape index (κ2) is 8.62. The first kappa shape index (κ1) is 16.5. The topological polar surface area (TPSA) is 46.3 Å². The van der Waals surface area contributed by atoms with Gasteiger partial charge in [0.25, 0.3) is 0 Å². The molecule has 1 unspecified atom stereocenters. The van der Waals surface area contributed by atoms with Crippen molar-refractivity contribution in [1.82, 2.24) is 0 Å². The van der Waals surface area contributed by atoms with E-state index >= 15 is 0 Å². The first-order chi connectivity index (χ1) is 9.63. The Labute approximate surface area is 123 Å². The summed E-state index contributed by atoms with van der Waals surface area (Å²) in [6.07, 6.45) is 5.11. The molecule has 0 aliphatic rings. The van der Waals surface area contributed by atoms with Crippen LogP contribution in [0.25, 0.3) is 0 Å². The number of carbonyl (C=O) groups excluding carboxylic acids is 1. The van der Waals surface area contributed by atoms with Crippen LogP contribution in [-0.4, -0.2) is 12.5 Å². The Morgan fingerprint density at radius 1 is 1.15 bits per heavy atom. The molecule has 0 aliphatic heterocycles. The molecule has 0 bridgehead atoms. The Hall–Kier alpha value is -1.51. The summed E-state index contributed by atoms with van der Waals surface area (Å²) >= 11 is 0. The van der Waals surface area contributed by atoms with E-state index in [4.69, 9.17) is 5.73 Å². The Morgan fingerprint density at radius 3 is 2.30 bits per heavy atom. The number of amides is 1. The van der Waals surface area contributed by atoms with E-state index in [1.165, 1.54) is 0 Å². The van der Waals surface area contributed by atoms with Crippen molar-refractivity contribution < 1.29 is 4.79 Å². The van der Waals surface area contributed by atoms with Gasteiger partial charge in [-0.25, -0.2) is 0 Å². The van der Waals surface area contributed by atoms with Crippen molar-refractivity contribution in [1.29, 1.82) is 0 Å². The number of unbranched alkanes of at least 4 members (excludes halogenated alkanes) is 1. The summed E-state index contributed by atoms with van der Waals surface area (Å²) in [6, 6.07) is 7.60. The third kappa shape index (κ3) is 4.55. The van der Waals surface area contributed by atoms with Gasteiger partial charge in [-0.3, -0.25) is 4.79 Å². The number of hydrogen-bond donors (Lipinski definition) is 1. The fraction of sp³-hybridized carbons (Fsp3) is 0.588. The fourth-order valence-corrected chi connectivity index (χ4v) is 2.42. The van der Waals surface area contributed by atoms with Gasteiger partial charge in [-0.05, 0) is 43.5 Å². The van der Waals surface area contributed by atoms with E-state index < -0.39 is 0 Å². The van der Waals surface area contributed by atoms with Crippen molar-refractivity contribution in [2.24, 2.45) is 5.92 Å². The summed E-state index contributed by atoms with van der Waals surface area (Å²) in [7, 11) is 0. The van der Waals surface area contributed by atoms with Gasteiger partial charge in [0.15, 0.2) is 0 Å². The quantitative estimate of drug-likeness (QED) is 0.722. The first-order valence-electron chi connectivity index (χ1n) is 7.80. The minimum Gasteiger partial charge on any atom is -0.399 e. The molecule has 0 spiro atoms. The van der Waals surface area contributed by atoms with Gasteiger partial charge >= 0.3 is 0 Å². The Balaban J connectivity index is 2.88. The summed E-state index contributed by atoms with van der Waals surface area (Å²) in [5, 5.41) is 0. The molecule has 112 valence electrons. The van der Waals surface area contributed by atoms with Crippen molar-refractivity contribution in [3.05, 3.63) is 24.3 Å². The Kier molecular flexibility index (Phi) is 7.13. The normalized spacial score (nSPS) is 12.2. The van der Waals surface area contributed by atoms with Crippen LogP contribution in [0.3, 0.4) is 0 Å². The van der Waals surface area contributed by atoms with Crippen LogP contribution in [0, 0.1) is 5.92 Å². The number of rotatable bonds is 8. The lowest BCUT2D eigenvalue weighted by Crippen LogP contribution is -2.36. The lowest BCUT2D eigenvalue weighted by molar-refractivity contribution is -0.122. The molecule has 1 aromatic carbocycles. The lowest BCUT2D eigenvalue weighted by atomic mass is 9.97. The molecule has 1 aromatic rings. The number of benzene rings is 1. The van der Waals surface area contributed by atoms with Crippen molar-refractivity contribution in [2.45, 2.75) is 52.9 Å². The zero-order valence-corrected chi connectivity index (χ0v) is 13.1. The maximum absolute atomic E-state index is 12.8. The molecule has 3 nitrogen and oxygen atoms in total. The fourth-order valence-electron chi connectivity index (χ4n) is 2.42. The highest BCUT2D eigenvalue weighted by molar-refractivity contribution is 5.95. The van der Waals surface area contributed by atoms with Crippen molar-refractivity contribution in [3.63, 3.8) is 0 Å². The van der Waals surface area contributed by atoms with Gasteiger partial charge in [-0.2, -0.15) is 0 Å². The smallest absolute Gasteiger partial charge is 0.230 e. The second-order valence-electron chi connectivity index (χ2n) is 5.33. The van der Waals surface area contributed by atoms with Crippen LogP contribution in [0.2, 0.25) is 0 Å². The average molecular weight is 276 g/mol. The molecule has 1 atom stereocenters. The Bertz CT molecular complexity index is 400.